The minimum Gasteiger partial charge on any atom is -0.490 e. The van der Waals surface area contributed by atoms with E-state index < -0.39 is 18.5 Å². The second kappa shape index (κ2) is 6.17. The predicted molar refractivity (Wildman–Crippen MR) is 59.0 cm³/mol. The van der Waals surface area contributed by atoms with Crippen LogP contribution in [0.2, 0.25) is 0 Å². The molecule has 0 fully saturated rings. The zero-order valence-corrected chi connectivity index (χ0v) is 9.30. The highest BCUT2D eigenvalue weighted by atomic mass is 19.1. The number of hydrogen-bond acceptors (Lipinski definition) is 5. The summed E-state index contributed by atoms with van der Waals surface area (Å²) in [4.78, 5) is 0. The van der Waals surface area contributed by atoms with Gasteiger partial charge in [-0.15, -0.1) is 0 Å². The van der Waals surface area contributed by atoms with Gasteiger partial charge in [0, 0.05) is 5.56 Å². The Morgan fingerprint density at radius 1 is 1.53 bits per heavy atom. The molecule has 5 nitrogen and oxygen atoms in total. The van der Waals surface area contributed by atoms with Crippen LogP contribution in [0.3, 0.4) is 0 Å². The van der Waals surface area contributed by atoms with Gasteiger partial charge in [0.05, 0.1) is 12.3 Å². The summed E-state index contributed by atoms with van der Waals surface area (Å²) in [5, 5.41) is 29.4. The number of oxime groups is 1. The van der Waals surface area contributed by atoms with Crippen LogP contribution < -0.4 is 4.74 Å². The highest BCUT2D eigenvalue weighted by Gasteiger charge is 2.11. The van der Waals surface area contributed by atoms with Crippen molar-refractivity contribution < 1.29 is 24.5 Å². The zero-order chi connectivity index (χ0) is 12.8. The molecule has 0 saturated heterocycles. The van der Waals surface area contributed by atoms with Crippen LogP contribution in [0.25, 0.3) is 0 Å². The van der Waals surface area contributed by atoms with E-state index in [9.17, 15) is 4.39 Å². The first kappa shape index (κ1) is 13.4. The van der Waals surface area contributed by atoms with Crippen LogP contribution in [0.1, 0.15) is 12.5 Å². The number of aliphatic hydroxyl groups excluding tert-OH is 2. The fourth-order valence-corrected chi connectivity index (χ4v) is 1.20. The summed E-state index contributed by atoms with van der Waals surface area (Å²) >= 11 is 0. The summed E-state index contributed by atoms with van der Waals surface area (Å²) in [7, 11) is 0. The first-order valence-corrected chi connectivity index (χ1v) is 4.98. The summed E-state index contributed by atoms with van der Waals surface area (Å²) < 4.78 is 18.2. The predicted octanol–water partition coefficient (Wildman–Crippen LogP) is 0.756. The molecular weight excluding hydrogens is 229 g/mol. The van der Waals surface area contributed by atoms with Crippen LogP contribution in [0.15, 0.2) is 23.4 Å². The molecule has 0 spiro atoms. The van der Waals surface area contributed by atoms with Crippen LogP contribution in [0.4, 0.5) is 4.39 Å². The molecule has 0 aliphatic heterocycles. The zero-order valence-electron chi connectivity index (χ0n) is 9.30. The average Bonchev–Trinajstić information content (AvgIpc) is 2.35. The van der Waals surface area contributed by atoms with Crippen LogP contribution in [-0.4, -0.2) is 40.4 Å². The van der Waals surface area contributed by atoms with Crippen molar-refractivity contribution in [3.8, 4) is 5.75 Å². The summed E-state index contributed by atoms with van der Waals surface area (Å²) in [5.74, 6) is -0.216. The van der Waals surface area contributed by atoms with Crippen molar-refractivity contribution in [2.75, 3.05) is 13.2 Å². The van der Waals surface area contributed by atoms with Crippen molar-refractivity contribution in [3.05, 3.63) is 29.6 Å². The molecule has 0 amide bonds. The van der Waals surface area contributed by atoms with E-state index in [-0.39, 0.29) is 23.6 Å². The molecule has 0 aromatic heterocycles. The van der Waals surface area contributed by atoms with Gasteiger partial charge in [0.25, 0.3) is 0 Å². The van der Waals surface area contributed by atoms with Gasteiger partial charge >= 0.3 is 0 Å². The lowest BCUT2D eigenvalue weighted by atomic mass is 10.1. The van der Waals surface area contributed by atoms with Crippen molar-refractivity contribution in [2.45, 2.75) is 13.0 Å². The summed E-state index contributed by atoms with van der Waals surface area (Å²) in [6.45, 7) is 0.932. The molecule has 17 heavy (non-hydrogen) atoms. The minimum atomic E-state index is -1.01. The molecular formula is C11H14FNO4. The van der Waals surface area contributed by atoms with Crippen LogP contribution in [-0.2, 0) is 0 Å². The molecule has 0 aliphatic carbocycles. The average molecular weight is 243 g/mol. The number of ether oxygens (including phenoxy) is 1. The molecule has 1 rings (SSSR count). The van der Waals surface area contributed by atoms with E-state index in [4.69, 9.17) is 20.2 Å². The Balaban J connectivity index is 2.91. The smallest absolute Gasteiger partial charge is 0.128 e. The van der Waals surface area contributed by atoms with E-state index in [1.807, 2.05) is 0 Å². The van der Waals surface area contributed by atoms with Gasteiger partial charge in [-0.1, -0.05) is 5.16 Å². The molecule has 0 heterocycles. The lowest BCUT2D eigenvalue weighted by molar-refractivity contribution is 0.0535. The van der Waals surface area contributed by atoms with E-state index in [2.05, 4.69) is 5.16 Å². The highest BCUT2D eigenvalue weighted by molar-refractivity contribution is 6.00. The maximum Gasteiger partial charge on any atom is 0.128 e. The molecule has 3 N–H and O–H groups in total. The molecule has 1 aromatic carbocycles. The Bertz CT molecular complexity index is 408. The molecule has 1 aromatic rings. The normalized spacial score (nSPS) is 13.5. The van der Waals surface area contributed by atoms with E-state index in [0.29, 0.717) is 0 Å². The highest BCUT2D eigenvalue weighted by Crippen LogP contribution is 2.20. The standard InChI is InChI=1S/C11H14FNO4/c1-7(13-16)10-4-8(12)2-3-11(10)17-6-9(15)5-14/h2-4,9,14-16H,5-6H2,1H3/b13-7-. The Morgan fingerprint density at radius 2 is 2.24 bits per heavy atom. The second-order valence-electron chi connectivity index (χ2n) is 3.47. The van der Waals surface area contributed by atoms with Gasteiger partial charge in [-0.3, -0.25) is 0 Å². The fourth-order valence-electron chi connectivity index (χ4n) is 1.20. The number of benzene rings is 1. The molecule has 94 valence electrons. The Kier molecular flexibility index (Phi) is 4.86. The van der Waals surface area contributed by atoms with Crippen LogP contribution in [0.5, 0.6) is 5.75 Å². The van der Waals surface area contributed by atoms with Gasteiger partial charge in [-0.25, -0.2) is 4.39 Å². The van der Waals surface area contributed by atoms with Gasteiger partial charge in [0.1, 0.15) is 24.3 Å². The first-order chi connectivity index (χ1) is 8.08. The number of aliphatic hydroxyl groups is 2. The lowest BCUT2D eigenvalue weighted by Gasteiger charge is -2.13. The monoisotopic (exact) mass is 243 g/mol. The van der Waals surface area contributed by atoms with Crippen molar-refractivity contribution in [3.63, 3.8) is 0 Å². The maximum absolute atomic E-state index is 13.0. The van der Waals surface area contributed by atoms with E-state index >= 15 is 0 Å². The number of hydrogen-bond donors (Lipinski definition) is 3. The third kappa shape index (κ3) is 3.69. The minimum absolute atomic E-state index is 0.131. The topological polar surface area (TPSA) is 82.3 Å². The Labute approximate surface area is 97.8 Å². The quantitative estimate of drug-likeness (QED) is 0.405. The van der Waals surface area contributed by atoms with Crippen molar-refractivity contribution in [2.24, 2.45) is 5.16 Å². The van der Waals surface area contributed by atoms with E-state index in [1.54, 1.807) is 0 Å². The van der Waals surface area contributed by atoms with Gasteiger partial charge in [-0.05, 0) is 25.1 Å². The molecule has 1 atom stereocenters. The summed E-state index contributed by atoms with van der Waals surface area (Å²) in [6.07, 6.45) is -1.01. The second-order valence-corrected chi connectivity index (χ2v) is 3.47. The van der Waals surface area contributed by atoms with E-state index in [1.165, 1.54) is 19.1 Å². The van der Waals surface area contributed by atoms with Gasteiger partial charge < -0.3 is 20.2 Å². The largest absolute Gasteiger partial charge is 0.490 e. The fraction of sp³-hybridized carbons (Fsp3) is 0.364. The molecule has 0 aliphatic rings. The molecule has 0 saturated carbocycles. The Morgan fingerprint density at radius 3 is 2.82 bits per heavy atom. The lowest BCUT2D eigenvalue weighted by Crippen LogP contribution is -2.22. The van der Waals surface area contributed by atoms with E-state index in [0.717, 1.165) is 6.07 Å². The molecule has 6 heteroatoms. The van der Waals surface area contributed by atoms with Crippen LogP contribution >= 0.6 is 0 Å². The van der Waals surface area contributed by atoms with Gasteiger partial charge in [-0.2, -0.15) is 0 Å². The number of rotatable bonds is 5. The Hall–Kier alpha value is -1.66. The van der Waals surface area contributed by atoms with Crippen LogP contribution in [0, 0.1) is 5.82 Å². The molecule has 0 bridgehead atoms. The first-order valence-electron chi connectivity index (χ1n) is 4.98. The third-order valence-electron chi connectivity index (χ3n) is 2.12. The summed E-state index contributed by atoms with van der Waals surface area (Å²) in [5.41, 5.74) is 0.482. The van der Waals surface area contributed by atoms with Crippen molar-refractivity contribution in [1.29, 1.82) is 0 Å². The summed E-state index contributed by atoms with van der Waals surface area (Å²) in [6, 6.07) is 3.72. The molecule has 0 radical (unpaired) electrons. The van der Waals surface area contributed by atoms with Crippen molar-refractivity contribution in [1.82, 2.24) is 0 Å². The third-order valence-corrected chi connectivity index (χ3v) is 2.12. The van der Waals surface area contributed by atoms with Gasteiger partial charge in [0.2, 0.25) is 0 Å². The molecule has 1 unspecified atom stereocenters. The van der Waals surface area contributed by atoms with Gasteiger partial charge in [0.15, 0.2) is 0 Å². The number of halogens is 1. The van der Waals surface area contributed by atoms with Crippen molar-refractivity contribution >= 4 is 5.71 Å². The number of nitrogens with zero attached hydrogens (tertiary/aromatic N) is 1. The SMILES string of the molecule is C/C(=N/O)c1cc(F)ccc1OCC(O)CO. The maximum atomic E-state index is 13.0.